The van der Waals surface area contributed by atoms with Crippen molar-refractivity contribution in [3.63, 3.8) is 0 Å². The SMILES string of the molecule is CCCC(C)(CN)CCO. The molecule has 0 aromatic rings. The van der Waals surface area contributed by atoms with Crippen LogP contribution < -0.4 is 5.73 Å². The molecule has 0 aliphatic heterocycles. The quantitative estimate of drug-likeness (QED) is 0.609. The molecule has 0 aliphatic carbocycles. The van der Waals surface area contributed by atoms with E-state index in [0.717, 1.165) is 19.3 Å². The van der Waals surface area contributed by atoms with Crippen molar-refractivity contribution in [1.29, 1.82) is 0 Å². The van der Waals surface area contributed by atoms with Crippen LogP contribution in [-0.4, -0.2) is 18.3 Å². The number of rotatable bonds is 5. The van der Waals surface area contributed by atoms with Crippen molar-refractivity contribution in [1.82, 2.24) is 0 Å². The molecule has 0 saturated heterocycles. The number of hydrogen-bond acceptors (Lipinski definition) is 2. The predicted molar refractivity (Wildman–Crippen MR) is 43.8 cm³/mol. The molecule has 0 aromatic carbocycles. The molecule has 1 atom stereocenters. The Bertz CT molecular complexity index is 77.3. The largest absolute Gasteiger partial charge is 0.396 e. The van der Waals surface area contributed by atoms with E-state index in [-0.39, 0.29) is 12.0 Å². The molecule has 0 radical (unpaired) electrons. The van der Waals surface area contributed by atoms with Crippen LogP contribution in [0.1, 0.15) is 33.1 Å². The van der Waals surface area contributed by atoms with Crippen molar-refractivity contribution in [3.8, 4) is 0 Å². The Kier molecular flexibility index (Phi) is 4.65. The second-order valence-electron chi connectivity index (χ2n) is 3.24. The van der Waals surface area contributed by atoms with Gasteiger partial charge in [0.2, 0.25) is 0 Å². The Labute approximate surface area is 63.4 Å². The zero-order valence-electron chi connectivity index (χ0n) is 7.06. The van der Waals surface area contributed by atoms with E-state index in [4.69, 9.17) is 10.8 Å². The lowest BCUT2D eigenvalue weighted by molar-refractivity contribution is 0.191. The van der Waals surface area contributed by atoms with Gasteiger partial charge in [0, 0.05) is 6.61 Å². The highest BCUT2D eigenvalue weighted by atomic mass is 16.3. The van der Waals surface area contributed by atoms with Crippen LogP contribution >= 0.6 is 0 Å². The third kappa shape index (κ3) is 3.18. The maximum Gasteiger partial charge on any atom is 0.0436 e. The lowest BCUT2D eigenvalue weighted by Gasteiger charge is -2.26. The molecule has 0 fully saturated rings. The molecular formula is C8H19NO. The van der Waals surface area contributed by atoms with E-state index < -0.39 is 0 Å². The molecule has 0 heterocycles. The van der Waals surface area contributed by atoms with Gasteiger partial charge in [0.15, 0.2) is 0 Å². The lowest BCUT2D eigenvalue weighted by atomic mass is 9.83. The van der Waals surface area contributed by atoms with E-state index >= 15 is 0 Å². The minimum absolute atomic E-state index is 0.170. The van der Waals surface area contributed by atoms with Gasteiger partial charge >= 0.3 is 0 Å². The second kappa shape index (κ2) is 4.69. The summed E-state index contributed by atoms with van der Waals surface area (Å²) >= 11 is 0. The monoisotopic (exact) mass is 145 g/mol. The summed E-state index contributed by atoms with van der Waals surface area (Å²) in [4.78, 5) is 0. The molecule has 0 bridgehead atoms. The Morgan fingerprint density at radius 1 is 1.40 bits per heavy atom. The fraction of sp³-hybridized carbons (Fsp3) is 1.00. The van der Waals surface area contributed by atoms with Crippen LogP contribution in [0.25, 0.3) is 0 Å². The summed E-state index contributed by atoms with van der Waals surface area (Å²) in [5.41, 5.74) is 5.74. The normalized spacial score (nSPS) is 16.8. The fourth-order valence-electron chi connectivity index (χ4n) is 1.20. The highest BCUT2D eigenvalue weighted by Gasteiger charge is 2.19. The first-order valence-corrected chi connectivity index (χ1v) is 3.99. The molecule has 2 nitrogen and oxygen atoms in total. The molecule has 0 rings (SSSR count). The highest BCUT2D eigenvalue weighted by Crippen LogP contribution is 2.25. The second-order valence-corrected chi connectivity index (χ2v) is 3.24. The highest BCUT2D eigenvalue weighted by molar-refractivity contribution is 4.73. The van der Waals surface area contributed by atoms with Gasteiger partial charge in [0.1, 0.15) is 0 Å². The molecular weight excluding hydrogens is 126 g/mol. The maximum absolute atomic E-state index is 8.70. The van der Waals surface area contributed by atoms with Crippen LogP contribution in [0.15, 0.2) is 0 Å². The number of hydrogen-bond donors (Lipinski definition) is 2. The average molecular weight is 145 g/mol. The lowest BCUT2D eigenvalue weighted by Crippen LogP contribution is -2.28. The first-order chi connectivity index (χ1) is 4.68. The van der Waals surface area contributed by atoms with Crippen molar-refractivity contribution in [2.75, 3.05) is 13.2 Å². The molecule has 0 saturated carbocycles. The summed E-state index contributed by atoms with van der Waals surface area (Å²) < 4.78 is 0. The minimum atomic E-state index is 0.170. The molecule has 1 unspecified atom stereocenters. The summed E-state index contributed by atoms with van der Waals surface area (Å²) in [6.45, 7) is 5.22. The maximum atomic E-state index is 8.70. The van der Waals surface area contributed by atoms with Crippen molar-refractivity contribution in [2.45, 2.75) is 33.1 Å². The minimum Gasteiger partial charge on any atom is -0.396 e. The van der Waals surface area contributed by atoms with Gasteiger partial charge in [-0.25, -0.2) is 0 Å². The average Bonchev–Trinajstić information content (AvgIpc) is 1.89. The van der Waals surface area contributed by atoms with E-state index in [9.17, 15) is 0 Å². The molecule has 2 heteroatoms. The molecule has 3 N–H and O–H groups in total. The van der Waals surface area contributed by atoms with E-state index in [1.54, 1.807) is 0 Å². The van der Waals surface area contributed by atoms with Crippen LogP contribution in [0.2, 0.25) is 0 Å². The Hall–Kier alpha value is -0.0800. The van der Waals surface area contributed by atoms with Crippen molar-refractivity contribution >= 4 is 0 Å². The molecule has 0 spiro atoms. The Balaban J connectivity index is 3.69. The summed E-state index contributed by atoms with van der Waals surface area (Å²) in [7, 11) is 0. The van der Waals surface area contributed by atoms with Crippen LogP contribution in [0.5, 0.6) is 0 Å². The summed E-state index contributed by atoms with van der Waals surface area (Å²) in [5, 5.41) is 8.70. The van der Waals surface area contributed by atoms with Crippen LogP contribution in [-0.2, 0) is 0 Å². The van der Waals surface area contributed by atoms with Gasteiger partial charge in [-0.2, -0.15) is 0 Å². The Morgan fingerprint density at radius 2 is 2.00 bits per heavy atom. The van der Waals surface area contributed by atoms with Crippen molar-refractivity contribution in [3.05, 3.63) is 0 Å². The van der Waals surface area contributed by atoms with Crippen molar-refractivity contribution < 1.29 is 5.11 Å². The number of aliphatic hydroxyl groups is 1. The van der Waals surface area contributed by atoms with Crippen LogP contribution in [0.3, 0.4) is 0 Å². The topological polar surface area (TPSA) is 46.2 Å². The van der Waals surface area contributed by atoms with Gasteiger partial charge in [0.25, 0.3) is 0 Å². The zero-order valence-corrected chi connectivity index (χ0v) is 7.06. The van der Waals surface area contributed by atoms with Gasteiger partial charge in [-0.3, -0.25) is 0 Å². The molecule has 0 amide bonds. The van der Waals surface area contributed by atoms with Gasteiger partial charge < -0.3 is 10.8 Å². The Morgan fingerprint density at radius 3 is 2.30 bits per heavy atom. The third-order valence-electron chi connectivity index (χ3n) is 2.06. The molecule has 10 heavy (non-hydrogen) atoms. The number of aliphatic hydroxyl groups excluding tert-OH is 1. The van der Waals surface area contributed by atoms with E-state index in [0.29, 0.717) is 6.54 Å². The van der Waals surface area contributed by atoms with E-state index in [2.05, 4.69) is 13.8 Å². The van der Waals surface area contributed by atoms with Crippen LogP contribution in [0.4, 0.5) is 0 Å². The molecule has 62 valence electrons. The summed E-state index contributed by atoms with van der Waals surface area (Å²) in [6.07, 6.45) is 3.09. The zero-order chi connectivity index (χ0) is 8.04. The van der Waals surface area contributed by atoms with E-state index in [1.165, 1.54) is 0 Å². The van der Waals surface area contributed by atoms with Gasteiger partial charge in [-0.05, 0) is 24.8 Å². The standard InChI is InChI=1S/C8H19NO/c1-3-4-8(2,7-9)5-6-10/h10H,3-7,9H2,1-2H3. The fourth-order valence-corrected chi connectivity index (χ4v) is 1.20. The number of nitrogens with two attached hydrogens (primary N) is 1. The molecule has 0 aliphatic rings. The predicted octanol–water partition coefficient (Wildman–Crippen LogP) is 1.13. The van der Waals surface area contributed by atoms with Gasteiger partial charge in [0.05, 0.1) is 0 Å². The third-order valence-corrected chi connectivity index (χ3v) is 2.06. The van der Waals surface area contributed by atoms with E-state index in [1.807, 2.05) is 0 Å². The van der Waals surface area contributed by atoms with Gasteiger partial charge in [-0.1, -0.05) is 20.3 Å². The summed E-state index contributed by atoms with van der Waals surface area (Å²) in [5.74, 6) is 0. The van der Waals surface area contributed by atoms with Crippen LogP contribution in [0, 0.1) is 5.41 Å². The molecule has 0 aromatic heterocycles. The first kappa shape index (κ1) is 9.92. The smallest absolute Gasteiger partial charge is 0.0436 e. The van der Waals surface area contributed by atoms with Gasteiger partial charge in [-0.15, -0.1) is 0 Å². The first-order valence-electron chi connectivity index (χ1n) is 3.99. The summed E-state index contributed by atoms with van der Waals surface area (Å²) in [6, 6.07) is 0. The van der Waals surface area contributed by atoms with Crippen molar-refractivity contribution in [2.24, 2.45) is 11.1 Å².